The van der Waals surface area contributed by atoms with Crippen molar-refractivity contribution < 1.29 is 39.3 Å². The Hall–Kier alpha value is -0.437. The molecule has 1 radical (unpaired) electrons. The molecule has 0 aromatic heterocycles. The number of carboxylic acids is 2. The van der Waals surface area contributed by atoms with Gasteiger partial charge in [0.2, 0.25) is 0 Å². The third kappa shape index (κ3) is 31.7. The zero-order valence-electron chi connectivity index (χ0n) is 9.61. The smallest absolute Gasteiger partial charge is 0.303 e. The van der Waals surface area contributed by atoms with Crippen LogP contribution in [-0.4, -0.2) is 22.2 Å². The van der Waals surface area contributed by atoms with Crippen LogP contribution in [0.5, 0.6) is 0 Å². The molecule has 0 saturated heterocycles. The van der Waals surface area contributed by atoms with Gasteiger partial charge in [0.05, 0.1) is 0 Å². The van der Waals surface area contributed by atoms with Gasteiger partial charge in [-0.2, -0.15) is 0 Å². The second-order valence-corrected chi connectivity index (χ2v) is 3.98. The largest absolute Gasteiger partial charge is 0.481 e. The van der Waals surface area contributed by atoms with Crippen LogP contribution in [0, 0.1) is 11.8 Å². The molecule has 2 N–H and O–H groups in total. The van der Waals surface area contributed by atoms with E-state index in [0.29, 0.717) is 0 Å². The first kappa shape index (κ1) is 20.0. The van der Waals surface area contributed by atoms with Crippen molar-refractivity contribution in [1.82, 2.24) is 0 Å². The first-order valence-electron chi connectivity index (χ1n) is 4.69. The van der Waals surface area contributed by atoms with E-state index in [2.05, 4.69) is 0 Å². The standard InChI is InChI=1S/2C5H10O2.Rh/c2*1-4(2)3-5(6)7;/h2*4H,3H2,1-2H3,(H,6,7);. The first-order chi connectivity index (χ1) is 6.25. The molecule has 0 unspecified atom stereocenters. The number of carboxylic acid groups (broad SMARTS) is 2. The van der Waals surface area contributed by atoms with Crippen LogP contribution in [0.15, 0.2) is 0 Å². The van der Waals surface area contributed by atoms with Gasteiger partial charge in [-0.1, -0.05) is 27.7 Å². The summed E-state index contributed by atoms with van der Waals surface area (Å²) in [6.45, 7) is 7.53. The van der Waals surface area contributed by atoms with Crippen LogP contribution in [0.1, 0.15) is 40.5 Å². The Morgan fingerprint density at radius 2 is 1.07 bits per heavy atom. The maximum Gasteiger partial charge on any atom is 0.303 e. The molecule has 0 fully saturated rings. The van der Waals surface area contributed by atoms with Gasteiger partial charge in [-0.25, -0.2) is 0 Å². The molecule has 5 heteroatoms. The molecule has 0 spiro atoms. The van der Waals surface area contributed by atoms with E-state index in [1.54, 1.807) is 0 Å². The van der Waals surface area contributed by atoms with Crippen LogP contribution in [0.3, 0.4) is 0 Å². The summed E-state index contributed by atoms with van der Waals surface area (Å²) in [6, 6.07) is 0. The minimum absolute atomic E-state index is 0. The van der Waals surface area contributed by atoms with E-state index in [1.807, 2.05) is 27.7 Å². The molecule has 0 bridgehead atoms. The summed E-state index contributed by atoms with van der Waals surface area (Å²) >= 11 is 0. The third-order valence-electron chi connectivity index (χ3n) is 1.17. The summed E-state index contributed by atoms with van der Waals surface area (Å²) in [7, 11) is 0. The summed E-state index contributed by atoms with van der Waals surface area (Å²) < 4.78 is 0. The molecule has 0 amide bonds. The zero-order chi connectivity index (χ0) is 11.7. The molecule has 0 saturated carbocycles. The molecule has 0 heterocycles. The first-order valence-corrected chi connectivity index (χ1v) is 4.69. The zero-order valence-corrected chi connectivity index (χ0v) is 11.3. The maximum absolute atomic E-state index is 9.81. The number of aliphatic carboxylic acids is 2. The molecule has 93 valence electrons. The number of hydrogen-bond donors (Lipinski definition) is 2. The molecular weight excluding hydrogens is 287 g/mol. The van der Waals surface area contributed by atoms with Gasteiger partial charge in [0.15, 0.2) is 0 Å². The monoisotopic (exact) mass is 307 g/mol. The predicted molar refractivity (Wildman–Crippen MR) is 54.2 cm³/mol. The van der Waals surface area contributed by atoms with Gasteiger partial charge in [0.1, 0.15) is 0 Å². The second-order valence-electron chi connectivity index (χ2n) is 3.98. The van der Waals surface area contributed by atoms with Gasteiger partial charge < -0.3 is 10.2 Å². The van der Waals surface area contributed by atoms with E-state index < -0.39 is 11.9 Å². The summed E-state index contributed by atoms with van der Waals surface area (Å²) in [5.41, 5.74) is 0. The fourth-order valence-electron chi connectivity index (χ4n) is 0.698. The van der Waals surface area contributed by atoms with E-state index >= 15 is 0 Å². The molecular formula is C10H20O4Rh. The number of carbonyl (C=O) groups is 2. The van der Waals surface area contributed by atoms with Gasteiger partial charge >= 0.3 is 11.9 Å². The molecule has 15 heavy (non-hydrogen) atoms. The average Bonchev–Trinajstić information content (AvgIpc) is 1.79. The molecule has 0 atom stereocenters. The molecule has 0 aliphatic carbocycles. The Morgan fingerprint density at radius 1 is 0.867 bits per heavy atom. The molecule has 0 aromatic rings. The normalized spacial score (nSPS) is 8.93. The van der Waals surface area contributed by atoms with Gasteiger partial charge in [0, 0.05) is 32.3 Å². The van der Waals surface area contributed by atoms with E-state index in [1.165, 1.54) is 0 Å². The molecule has 0 rings (SSSR count). The Kier molecular flexibility index (Phi) is 15.5. The second kappa shape index (κ2) is 11.6. The molecule has 0 aliphatic heterocycles. The average molecular weight is 307 g/mol. The summed E-state index contributed by atoms with van der Waals surface area (Å²) in [6.07, 6.45) is 0.556. The van der Waals surface area contributed by atoms with E-state index in [4.69, 9.17) is 10.2 Å². The summed E-state index contributed by atoms with van der Waals surface area (Å²) in [5.74, 6) is -0.875. The Labute approximate surface area is 104 Å². The van der Waals surface area contributed by atoms with Crippen molar-refractivity contribution in [3.63, 3.8) is 0 Å². The number of rotatable bonds is 4. The van der Waals surface area contributed by atoms with Crippen molar-refractivity contribution >= 4 is 11.9 Å². The Balaban J connectivity index is -0.000000180. The van der Waals surface area contributed by atoms with Crippen molar-refractivity contribution in [3.8, 4) is 0 Å². The van der Waals surface area contributed by atoms with Gasteiger partial charge in [-0.3, -0.25) is 9.59 Å². The van der Waals surface area contributed by atoms with Crippen LogP contribution in [0.25, 0.3) is 0 Å². The third-order valence-corrected chi connectivity index (χ3v) is 1.17. The van der Waals surface area contributed by atoms with Crippen LogP contribution < -0.4 is 0 Å². The fraction of sp³-hybridized carbons (Fsp3) is 0.800. The fourth-order valence-corrected chi connectivity index (χ4v) is 0.698. The topological polar surface area (TPSA) is 74.6 Å². The Morgan fingerprint density at radius 3 is 1.07 bits per heavy atom. The Bertz CT molecular complexity index is 158. The minimum atomic E-state index is -0.713. The summed E-state index contributed by atoms with van der Waals surface area (Å²) in [5, 5.41) is 16.2. The van der Waals surface area contributed by atoms with Gasteiger partial charge in [-0.05, 0) is 11.8 Å². The van der Waals surface area contributed by atoms with Crippen LogP contribution >= 0.6 is 0 Å². The van der Waals surface area contributed by atoms with Crippen molar-refractivity contribution in [2.45, 2.75) is 40.5 Å². The minimum Gasteiger partial charge on any atom is -0.481 e. The molecule has 4 nitrogen and oxygen atoms in total. The van der Waals surface area contributed by atoms with Crippen molar-refractivity contribution in [2.24, 2.45) is 11.8 Å². The quantitative estimate of drug-likeness (QED) is 0.781. The van der Waals surface area contributed by atoms with E-state index in [0.717, 1.165) is 0 Å². The van der Waals surface area contributed by atoms with Crippen molar-refractivity contribution in [3.05, 3.63) is 0 Å². The molecule has 0 aromatic carbocycles. The van der Waals surface area contributed by atoms with Crippen molar-refractivity contribution in [2.75, 3.05) is 0 Å². The van der Waals surface area contributed by atoms with Crippen LogP contribution in [-0.2, 0) is 29.1 Å². The van der Waals surface area contributed by atoms with Gasteiger partial charge in [0.25, 0.3) is 0 Å². The van der Waals surface area contributed by atoms with Crippen LogP contribution in [0.2, 0.25) is 0 Å². The van der Waals surface area contributed by atoms with Crippen LogP contribution in [0.4, 0.5) is 0 Å². The van der Waals surface area contributed by atoms with Gasteiger partial charge in [-0.15, -0.1) is 0 Å². The maximum atomic E-state index is 9.81. The number of hydrogen-bond acceptors (Lipinski definition) is 2. The predicted octanol–water partition coefficient (Wildman–Crippen LogP) is 2.23. The molecule has 0 aliphatic rings. The van der Waals surface area contributed by atoms with E-state index in [9.17, 15) is 9.59 Å². The SMILES string of the molecule is CC(C)CC(=O)O.CC(C)CC(=O)O.[Rh]. The summed E-state index contributed by atoms with van der Waals surface area (Å²) in [4.78, 5) is 19.6. The van der Waals surface area contributed by atoms with E-state index in [-0.39, 0.29) is 44.2 Å². The van der Waals surface area contributed by atoms with Crippen molar-refractivity contribution in [1.29, 1.82) is 0 Å².